The first-order chi connectivity index (χ1) is 33.9. The van der Waals surface area contributed by atoms with Gasteiger partial charge in [-0.15, -0.1) is 0 Å². The number of halogens is 12. The molecule has 0 amide bonds. The molecule has 1 unspecified atom stereocenters. The molecule has 0 aliphatic carbocycles. The highest BCUT2D eigenvalue weighted by Gasteiger charge is 2.38. The Bertz CT molecular complexity index is 2760. The van der Waals surface area contributed by atoms with Crippen LogP contribution < -0.4 is 26.8 Å². The van der Waals surface area contributed by atoms with Crippen molar-refractivity contribution in [1.29, 1.82) is 0 Å². The molecule has 16 heteroatoms. The van der Waals surface area contributed by atoms with Gasteiger partial charge in [-0.05, 0) is 35.4 Å². The molecule has 0 saturated heterocycles. The van der Waals surface area contributed by atoms with Gasteiger partial charge in [0.15, 0.2) is 4.90 Å². The van der Waals surface area contributed by atoms with Crippen LogP contribution in [0.1, 0.15) is 38.9 Å². The second-order valence-electron chi connectivity index (χ2n) is 17.3. The van der Waals surface area contributed by atoms with Crippen LogP contribution in [0.15, 0.2) is 217 Å². The van der Waals surface area contributed by atoms with Crippen LogP contribution in [-0.2, 0) is 57.7 Å². The summed E-state index contributed by atoms with van der Waals surface area (Å²) in [5.74, 6) is 0.550. The summed E-state index contributed by atoms with van der Waals surface area (Å²) < 4.78 is 173. The number of anilines is 1. The third kappa shape index (κ3) is 12.7. The highest BCUT2D eigenvalue weighted by atomic mass is 32.2. The van der Waals surface area contributed by atoms with Crippen LogP contribution in [0.4, 0.5) is 58.4 Å². The SMILES string of the molecule is C[S+](=O)(Cc1ccc(N(Cc2ccccc2)Cc2ccccc2)cc1)c1ccccc1.FC(F)(F)c1ccc([B-](c2ccc(C(F)(F)F)cc2)(c2ccc(C(F)(F)F)cc2)c2ccc(C(F)(F)F)cc2)cc1. The van der Waals surface area contributed by atoms with Crippen LogP contribution >= 0.6 is 0 Å². The summed E-state index contributed by atoms with van der Waals surface area (Å²) in [5, 5.41) is 0. The molecule has 8 aromatic carbocycles. The van der Waals surface area contributed by atoms with E-state index in [1.165, 1.54) is 16.8 Å². The minimum atomic E-state index is -4.77. The molecule has 1 atom stereocenters. The van der Waals surface area contributed by atoms with Crippen molar-refractivity contribution in [2.75, 3.05) is 11.2 Å². The quantitative estimate of drug-likeness (QED) is 0.0690. The van der Waals surface area contributed by atoms with Gasteiger partial charge in [-0.3, -0.25) is 0 Å². The summed E-state index contributed by atoms with van der Waals surface area (Å²) >= 11 is 0. The molecule has 0 aliphatic heterocycles. The Morgan fingerprint density at radius 2 is 0.639 bits per heavy atom. The molecule has 0 aliphatic rings. The van der Waals surface area contributed by atoms with Gasteiger partial charge in [0, 0.05) is 24.3 Å². The van der Waals surface area contributed by atoms with E-state index in [0.29, 0.717) is 54.3 Å². The van der Waals surface area contributed by atoms with E-state index < -0.39 is 63.0 Å². The molecule has 0 fully saturated rings. The Morgan fingerprint density at radius 3 is 0.917 bits per heavy atom. The maximum absolute atomic E-state index is 13.3. The summed E-state index contributed by atoms with van der Waals surface area (Å²) in [6.45, 7) is 1.67. The third-order valence-electron chi connectivity index (χ3n) is 12.4. The lowest BCUT2D eigenvalue weighted by Gasteiger charge is -2.44. The summed E-state index contributed by atoms with van der Waals surface area (Å²) in [6, 6.07) is 53.0. The second-order valence-corrected chi connectivity index (χ2v) is 20.1. The predicted molar refractivity (Wildman–Crippen MR) is 262 cm³/mol. The largest absolute Gasteiger partial charge is 0.416 e. The van der Waals surface area contributed by atoms with E-state index in [1.807, 2.05) is 36.6 Å². The zero-order valence-corrected chi connectivity index (χ0v) is 39.0. The lowest BCUT2D eigenvalue weighted by Crippen LogP contribution is -2.74. The molecule has 0 N–H and O–H groups in total. The van der Waals surface area contributed by atoms with E-state index in [0.717, 1.165) is 72.1 Å². The summed E-state index contributed by atoms with van der Waals surface area (Å²) in [4.78, 5) is 3.29. The smallest absolute Gasteiger partial charge is 0.363 e. The highest BCUT2D eigenvalue weighted by molar-refractivity contribution is 8.01. The molecule has 0 spiro atoms. The van der Waals surface area contributed by atoms with Gasteiger partial charge in [-0.2, -0.15) is 74.5 Å². The Labute approximate surface area is 410 Å². The number of rotatable bonds is 12. The Hall–Kier alpha value is -7.07. The number of alkyl halides is 12. The van der Waals surface area contributed by atoms with Crippen LogP contribution in [0.25, 0.3) is 0 Å². The van der Waals surface area contributed by atoms with Gasteiger partial charge in [0.05, 0.1) is 22.3 Å². The molecule has 8 rings (SSSR count). The van der Waals surface area contributed by atoms with Gasteiger partial charge in [-0.1, -0.05) is 192 Å². The van der Waals surface area contributed by atoms with E-state index in [-0.39, 0.29) is 21.9 Å². The molecule has 0 bridgehead atoms. The van der Waals surface area contributed by atoms with Crippen molar-refractivity contribution in [2.45, 2.75) is 48.4 Å². The van der Waals surface area contributed by atoms with Crippen LogP contribution in [0.5, 0.6) is 0 Å². The van der Waals surface area contributed by atoms with Gasteiger partial charge in [-0.25, -0.2) is 0 Å². The molecular formula is C56H44BF12NOS. The standard InChI is InChI=1S/C28H16BF12.C28H28NOS/c30-25(31,32)17-1-9-21(10-2-17)29(22-11-3-18(4-12-22)26(33,34)35,23-13-5-19(6-14-23)27(36,37)38)24-15-7-20(8-16-24)28(39,40)41;1-31(30,28-15-9-4-10-16-28)23-26-17-19-27(20-18-26)29(21-24-11-5-2-6-12-24)22-25-13-7-3-8-14-25/h1-16H;2-20H,21-23H2,1H3/q-1;+1. The maximum Gasteiger partial charge on any atom is 0.416 e. The van der Waals surface area contributed by atoms with Gasteiger partial charge in [0.2, 0.25) is 0 Å². The summed E-state index contributed by atoms with van der Waals surface area (Å²) in [7, 11) is -2.11. The van der Waals surface area contributed by atoms with Gasteiger partial charge < -0.3 is 4.90 Å². The molecule has 0 radical (unpaired) electrons. The lowest BCUT2D eigenvalue weighted by atomic mass is 9.13. The fourth-order valence-electron chi connectivity index (χ4n) is 8.76. The van der Waals surface area contributed by atoms with E-state index in [2.05, 4.69) is 89.8 Å². The second kappa shape index (κ2) is 21.3. The van der Waals surface area contributed by atoms with Crippen molar-refractivity contribution < 1.29 is 56.9 Å². The van der Waals surface area contributed by atoms with Crippen LogP contribution in [0.2, 0.25) is 0 Å². The minimum absolute atomic E-state index is 0.0114. The first-order valence-corrected chi connectivity index (χ1v) is 24.4. The maximum atomic E-state index is 13.3. The normalized spacial score (nSPS) is 13.1. The minimum Gasteiger partial charge on any atom is -0.363 e. The fraction of sp³-hybridized carbons (Fsp3) is 0.143. The summed E-state index contributed by atoms with van der Waals surface area (Å²) in [5.41, 5.74) is 0.529. The van der Waals surface area contributed by atoms with Gasteiger partial charge in [0.25, 0.3) is 0 Å². The molecule has 0 aromatic heterocycles. The van der Waals surface area contributed by atoms with Crippen molar-refractivity contribution in [3.05, 3.63) is 251 Å². The van der Waals surface area contributed by atoms with E-state index in [4.69, 9.17) is 0 Å². The first-order valence-electron chi connectivity index (χ1n) is 22.2. The van der Waals surface area contributed by atoms with Crippen LogP contribution in [0, 0.1) is 0 Å². The van der Waals surface area contributed by atoms with Crippen LogP contribution in [-0.4, -0.2) is 12.4 Å². The van der Waals surface area contributed by atoms with Gasteiger partial charge >= 0.3 is 24.7 Å². The molecule has 8 aromatic rings. The Morgan fingerprint density at radius 1 is 0.361 bits per heavy atom. The van der Waals surface area contributed by atoms with Crippen molar-refractivity contribution in [3.63, 3.8) is 0 Å². The van der Waals surface area contributed by atoms with E-state index in [9.17, 15) is 56.9 Å². The number of nitrogens with zero attached hydrogens (tertiary/aromatic N) is 1. The topological polar surface area (TPSA) is 20.3 Å². The average molecular weight is 1020 g/mol. The molecule has 0 heterocycles. The van der Waals surface area contributed by atoms with Crippen LogP contribution in [0.3, 0.4) is 0 Å². The molecule has 0 saturated carbocycles. The fourth-order valence-corrected chi connectivity index (χ4v) is 10.5. The summed E-state index contributed by atoms with van der Waals surface area (Å²) in [6.07, 6.45) is -20.1. The average Bonchev–Trinajstić information content (AvgIpc) is 3.35. The first kappa shape index (κ1) is 52.8. The molecule has 372 valence electrons. The van der Waals surface area contributed by atoms with E-state index in [1.54, 1.807) is 0 Å². The van der Waals surface area contributed by atoms with Gasteiger partial charge in [0.1, 0.15) is 28.1 Å². The van der Waals surface area contributed by atoms with Crippen molar-refractivity contribution >= 4 is 43.6 Å². The number of benzene rings is 8. The van der Waals surface area contributed by atoms with Crippen molar-refractivity contribution in [1.82, 2.24) is 0 Å². The molecular weight excluding hydrogens is 973 g/mol. The number of hydrogen-bond acceptors (Lipinski definition) is 2. The zero-order valence-electron chi connectivity index (χ0n) is 38.2. The zero-order chi connectivity index (χ0) is 52.0. The van der Waals surface area contributed by atoms with Crippen molar-refractivity contribution in [2.24, 2.45) is 0 Å². The highest BCUT2D eigenvalue weighted by Crippen LogP contribution is 2.33. The lowest BCUT2D eigenvalue weighted by molar-refractivity contribution is -0.138. The molecule has 2 nitrogen and oxygen atoms in total. The Kier molecular flexibility index (Phi) is 15.6. The monoisotopic (exact) mass is 1020 g/mol. The van der Waals surface area contributed by atoms with E-state index >= 15 is 0 Å². The molecule has 72 heavy (non-hydrogen) atoms. The Balaban J connectivity index is 0.000000219. The van der Waals surface area contributed by atoms with Crippen molar-refractivity contribution in [3.8, 4) is 0 Å². The third-order valence-corrected chi connectivity index (χ3v) is 14.5. The predicted octanol–water partition coefficient (Wildman–Crippen LogP) is 13.7. The number of hydrogen-bond donors (Lipinski definition) is 0.